The SMILES string of the molecule is C=C/C=C\C=C(/C=C)N(C(/C=C\C=C)=C/C=C)c1ccccc1. The van der Waals surface area contributed by atoms with E-state index in [-0.39, 0.29) is 0 Å². The summed E-state index contributed by atoms with van der Waals surface area (Å²) in [6.07, 6.45) is 18.7. The maximum atomic E-state index is 3.94. The van der Waals surface area contributed by atoms with Crippen LogP contribution in [0, 0.1) is 0 Å². The molecule has 0 heterocycles. The molecule has 0 atom stereocenters. The van der Waals surface area contributed by atoms with E-state index in [4.69, 9.17) is 0 Å². The highest BCUT2D eigenvalue weighted by molar-refractivity contribution is 5.63. The zero-order chi connectivity index (χ0) is 16.9. The molecule has 0 saturated carbocycles. The van der Waals surface area contributed by atoms with Gasteiger partial charge < -0.3 is 4.90 Å². The van der Waals surface area contributed by atoms with Gasteiger partial charge in [-0.1, -0.05) is 81.0 Å². The summed E-state index contributed by atoms with van der Waals surface area (Å²) >= 11 is 0. The first-order chi connectivity index (χ1) is 11.3. The topological polar surface area (TPSA) is 3.24 Å². The number of anilines is 1. The maximum absolute atomic E-state index is 3.94. The van der Waals surface area contributed by atoms with E-state index in [0.29, 0.717) is 0 Å². The molecule has 1 aromatic rings. The van der Waals surface area contributed by atoms with Crippen molar-refractivity contribution in [3.05, 3.63) is 129 Å². The third-order valence-electron chi connectivity index (χ3n) is 2.95. The molecule has 0 spiro atoms. The van der Waals surface area contributed by atoms with Crippen LogP contribution >= 0.6 is 0 Å². The van der Waals surface area contributed by atoms with Gasteiger partial charge in [0.15, 0.2) is 0 Å². The minimum atomic E-state index is 0.941. The van der Waals surface area contributed by atoms with Crippen LogP contribution in [0.2, 0.25) is 0 Å². The maximum Gasteiger partial charge on any atom is 0.0461 e. The van der Waals surface area contributed by atoms with Gasteiger partial charge in [0, 0.05) is 17.1 Å². The second kappa shape index (κ2) is 10.6. The Kier molecular flexibility index (Phi) is 8.32. The Morgan fingerprint density at radius 3 is 2.00 bits per heavy atom. The van der Waals surface area contributed by atoms with Crippen LogP contribution in [0.5, 0.6) is 0 Å². The van der Waals surface area contributed by atoms with Crippen LogP contribution in [-0.4, -0.2) is 0 Å². The lowest BCUT2D eigenvalue weighted by Crippen LogP contribution is -2.19. The van der Waals surface area contributed by atoms with E-state index in [1.807, 2.05) is 72.9 Å². The van der Waals surface area contributed by atoms with Gasteiger partial charge in [0.05, 0.1) is 0 Å². The van der Waals surface area contributed by atoms with Crippen molar-refractivity contribution >= 4 is 5.69 Å². The van der Waals surface area contributed by atoms with E-state index in [1.165, 1.54) is 0 Å². The normalized spacial score (nSPS) is 12.3. The quantitative estimate of drug-likeness (QED) is 0.497. The fourth-order valence-corrected chi connectivity index (χ4v) is 1.98. The molecule has 0 radical (unpaired) electrons. The molecule has 0 bridgehead atoms. The van der Waals surface area contributed by atoms with Crippen LogP contribution in [0.25, 0.3) is 0 Å². The van der Waals surface area contributed by atoms with Crippen LogP contribution in [0.1, 0.15) is 0 Å². The third kappa shape index (κ3) is 5.68. The molecular weight excluding hydrogens is 278 g/mol. The molecule has 1 aromatic carbocycles. The molecule has 1 rings (SSSR count). The summed E-state index contributed by atoms with van der Waals surface area (Å²) in [4.78, 5) is 2.10. The zero-order valence-corrected chi connectivity index (χ0v) is 13.4. The summed E-state index contributed by atoms with van der Waals surface area (Å²) in [6.45, 7) is 15.2. The number of allylic oxidation sites excluding steroid dienone is 10. The van der Waals surface area contributed by atoms with Gasteiger partial charge in [-0.25, -0.2) is 0 Å². The minimum Gasteiger partial charge on any atom is -0.311 e. The van der Waals surface area contributed by atoms with Crippen molar-refractivity contribution in [2.45, 2.75) is 0 Å². The van der Waals surface area contributed by atoms with Gasteiger partial charge in [0.2, 0.25) is 0 Å². The Bertz CT molecular complexity index is 654. The van der Waals surface area contributed by atoms with E-state index in [9.17, 15) is 0 Å². The van der Waals surface area contributed by atoms with E-state index in [1.54, 1.807) is 18.2 Å². The number of rotatable bonds is 9. The lowest BCUT2D eigenvalue weighted by atomic mass is 10.2. The van der Waals surface area contributed by atoms with Gasteiger partial charge in [-0.15, -0.1) is 0 Å². The molecule has 1 heteroatoms. The number of para-hydroxylation sites is 1. The van der Waals surface area contributed by atoms with Crippen molar-refractivity contribution in [1.82, 2.24) is 0 Å². The summed E-state index contributed by atoms with van der Waals surface area (Å²) in [5, 5.41) is 0. The predicted molar refractivity (Wildman–Crippen MR) is 104 cm³/mol. The van der Waals surface area contributed by atoms with E-state index >= 15 is 0 Å². The Morgan fingerprint density at radius 2 is 1.43 bits per heavy atom. The fourth-order valence-electron chi connectivity index (χ4n) is 1.98. The molecule has 1 nitrogen and oxygen atoms in total. The van der Waals surface area contributed by atoms with Crippen LogP contribution in [0.4, 0.5) is 5.69 Å². The van der Waals surface area contributed by atoms with Crippen LogP contribution in [0.3, 0.4) is 0 Å². The fraction of sp³-hybridized carbons (Fsp3) is 0. The number of hydrogen-bond acceptors (Lipinski definition) is 1. The summed E-state index contributed by atoms with van der Waals surface area (Å²) in [7, 11) is 0. The van der Waals surface area contributed by atoms with Gasteiger partial charge in [-0.3, -0.25) is 0 Å². The standard InChI is InChI=1S/C22H23N/c1-5-9-12-17-20(8-4)23(22-18-13-11-14-19-22)21(15-7-3)16-10-6-2/h5-19H,1-4H2/b12-9-,16-10-,20-17+,21-15+. The Morgan fingerprint density at radius 1 is 0.739 bits per heavy atom. The lowest BCUT2D eigenvalue weighted by Gasteiger charge is -2.27. The van der Waals surface area contributed by atoms with E-state index in [2.05, 4.69) is 31.2 Å². The van der Waals surface area contributed by atoms with Gasteiger partial charge in [-0.2, -0.15) is 0 Å². The van der Waals surface area contributed by atoms with Crippen molar-refractivity contribution < 1.29 is 0 Å². The molecule has 0 aliphatic carbocycles. The Hall–Kier alpha value is -3.06. The van der Waals surface area contributed by atoms with Crippen molar-refractivity contribution in [2.75, 3.05) is 4.90 Å². The van der Waals surface area contributed by atoms with Crippen molar-refractivity contribution in [1.29, 1.82) is 0 Å². The highest BCUT2D eigenvalue weighted by Crippen LogP contribution is 2.26. The molecule has 0 N–H and O–H groups in total. The van der Waals surface area contributed by atoms with Gasteiger partial charge in [-0.05, 0) is 36.4 Å². The van der Waals surface area contributed by atoms with Crippen LogP contribution < -0.4 is 4.90 Å². The van der Waals surface area contributed by atoms with Crippen molar-refractivity contribution in [2.24, 2.45) is 0 Å². The zero-order valence-electron chi connectivity index (χ0n) is 13.4. The molecule has 0 fully saturated rings. The first-order valence-electron chi connectivity index (χ1n) is 7.37. The molecular formula is C22H23N. The highest BCUT2D eigenvalue weighted by atomic mass is 15.1. The number of nitrogens with zero attached hydrogens (tertiary/aromatic N) is 1. The molecule has 23 heavy (non-hydrogen) atoms. The molecule has 0 saturated heterocycles. The molecule has 0 aliphatic heterocycles. The van der Waals surface area contributed by atoms with E-state index < -0.39 is 0 Å². The molecule has 0 aliphatic rings. The lowest BCUT2D eigenvalue weighted by molar-refractivity contribution is 1.14. The third-order valence-corrected chi connectivity index (χ3v) is 2.95. The largest absolute Gasteiger partial charge is 0.311 e. The van der Waals surface area contributed by atoms with Crippen LogP contribution in [-0.2, 0) is 0 Å². The van der Waals surface area contributed by atoms with Gasteiger partial charge in [0.1, 0.15) is 0 Å². The smallest absolute Gasteiger partial charge is 0.0461 e. The average molecular weight is 301 g/mol. The first kappa shape index (κ1) is 18.0. The first-order valence-corrected chi connectivity index (χ1v) is 7.37. The van der Waals surface area contributed by atoms with Gasteiger partial charge in [0.25, 0.3) is 0 Å². The highest BCUT2D eigenvalue weighted by Gasteiger charge is 2.12. The van der Waals surface area contributed by atoms with Crippen molar-refractivity contribution in [3.63, 3.8) is 0 Å². The summed E-state index contributed by atoms with van der Waals surface area (Å²) in [5.74, 6) is 0. The predicted octanol–water partition coefficient (Wildman–Crippen LogP) is 6.12. The molecule has 0 unspecified atom stereocenters. The molecule has 116 valence electrons. The summed E-state index contributed by atoms with van der Waals surface area (Å²) in [5.41, 5.74) is 2.94. The molecule has 0 amide bonds. The Balaban J connectivity index is 3.46. The monoisotopic (exact) mass is 301 g/mol. The number of hydrogen-bond donors (Lipinski definition) is 0. The summed E-state index contributed by atoms with van der Waals surface area (Å²) < 4.78 is 0. The Labute approximate surface area is 140 Å². The minimum absolute atomic E-state index is 0.941. The number of benzene rings is 1. The van der Waals surface area contributed by atoms with Gasteiger partial charge >= 0.3 is 0 Å². The molecule has 0 aromatic heterocycles. The summed E-state index contributed by atoms with van der Waals surface area (Å²) in [6, 6.07) is 10.1. The second-order valence-corrected chi connectivity index (χ2v) is 4.51. The van der Waals surface area contributed by atoms with Crippen LogP contribution in [0.15, 0.2) is 129 Å². The average Bonchev–Trinajstić information content (AvgIpc) is 2.59. The van der Waals surface area contributed by atoms with Crippen molar-refractivity contribution in [3.8, 4) is 0 Å². The van der Waals surface area contributed by atoms with E-state index in [0.717, 1.165) is 17.1 Å². The second-order valence-electron chi connectivity index (χ2n) is 4.51.